The monoisotopic (exact) mass is 916 g/mol. The van der Waals surface area contributed by atoms with E-state index in [9.17, 15) is 19.4 Å². The lowest BCUT2D eigenvalue weighted by molar-refractivity contribution is -0.870. The summed E-state index contributed by atoms with van der Waals surface area (Å²) in [6.07, 6.45) is 55.5. The number of hydrogen-bond acceptors (Lipinski definition) is 5. The first-order valence-electron chi connectivity index (χ1n) is 27.9. The molecule has 1 amide bonds. The number of rotatable bonds is 52. The summed E-state index contributed by atoms with van der Waals surface area (Å²) < 4.78 is 23.4. The Bertz CT molecular complexity index is 994. The zero-order valence-corrected chi connectivity index (χ0v) is 44.0. The Morgan fingerprint density at radius 2 is 0.762 bits per heavy atom. The van der Waals surface area contributed by atoms with Gasteiger partial charge in [0.05, 0.1) is 39.9 Å². The van der Waals surface area contributed by atoms with Crippen molar-refractivity contribution in [3.8, 4) is 0 Å². The van der Waals surface area contributed by atoms with Crippen LogP contribution in [0.5, 0.6) is 0 Å². The third kappa shape index (κ3) is 49.2. The number of carbonyl (C=O) groups is 1. The zero-order chi connectivity index (χ0) is 46.4. The molecule has 0 spiro atoms. The van der Waals surface area contributed by atoms with Crippen molar-refractivity contribution in [2.75, 3.05) is 40.9 Å². The third-order valence-corrected chi connectivity index (χ3v) is 14.1. The SMILES string of the molecule is CCCCCCCCCCCCCCCCCCCCCCCCCCCCCCCCCCCCCCCC(=O)NC(COP(=O)(O)OCC[N+](C)(C)C)C(O)CCCCCC. The van der Waals surface area contributed by atoms with Gasteiger partial charge in [0.25, 0.3) is 0 Å². The van der Waals surface area contributed by atoms with Crippen LogP contribution >= 0.6 is 7.82 Å². The van der Waals surface area contributed by atoms with Crippen LogP contribution in [0.3, 0.4) is 0 Å². The fraction of sp³-hybridized carbons (Fsp3) is 0.981. The predicted molar refractivity (Wildman–Crippen MR) is 272 cm³/mol. The van der Waals surface area contributed by atoms with Crippen molar-refractivity contribution >= 4 is 13.7 Å². The molecule has 0 aliphatic heterocycles. The van der Waals surface area contributed by atoms with Gasteiger partial charge in [-0.3, -0.25) is 13.8 Å². The van der Waals surface area contributed by atoms with Gasteiger partial charge in [0.15, 0.2) is 0 Å². The minimum atomic E-state index is -4.29. The Balaban J connectivity index is 3.60. The Hall–Kier alpha value is -0.500. The van der Waals surface area contributed by atoms with Crippen LogP contribution in [0.2, 0.25) is 0 Å². The Kier molecular flexibility index (Phi) is 46.2. The fourth-order valence-corrected chi connectivity index (χ4v) is 9.43. The number of nitrogens with one attached hydrogen (secondary N) is 1. The van der Waals surface area contributed by atoms with E-state index in [4.69, 9.17) is 9.05 Å². The van der Waals surface area contributed by atoms with Crippen molar-refractivity contribution in [1.29, 1.82) is 0 Å². The third-order valence-electron chi connectivity index (χ3n) is 13.1. The number of aliphatic hydroxyl groups is 1. The standard InChI is InChI=1S/C54H111N2O6P/c1-6-8-10-12-13-14-15-16-17-18-19-20-21-22-23-24-25-26-27-28-29-30-31-32-33-34-35-36-37-38-39-40-41-42-43-44-46-48-54(58)55-52(53(57)47-45-11-9-7-2)51-62-63(59,60)61-50-49-56(3,4)5/h52-53,57H,6-51H2,1-5H3,(H-,55,58,59,60)/p+1. The molecule has 0 aromatic heterocycles. The van der Waals surface area contributed by atoms with E-state index in [1.807, 2.05) is 21.1 Å². The van der Waals surface area contributed by atoms with E-state index in [0.29, 0.717) is 23.9 Å². The number of unbranched alkanes of at least 4 members (excludes halogenated alkanes) is 39. The molecule has 0 heterocycles. The Morgan fingerprint density at radius 1 is 0.476 bits per heavy atom. The smallest absolute Gasteiger partial charge is 0.391 e. The van der Waals surface area contributed by atoms with Crippen molar-refractivity contribution < 1.29 is 32.9 Å². The van der Waals surface area contributed by atoms with Crippen LogP contribution < -0.4 is 5.32 Å². The van der Waals surface area contributed by atoms with Crippen molar-refractivity contribution in [1.82, 2.24) is 5.32 Å². The second kappa shape index (κ2) is 46.6. The summed E-state index contributed by atoms with van der Waals surface area (Å²) in [5.41, 5.74) is 0. The number of nitrogens with zero attached hydrogens (tertiary/aromatic N) is 1. The normalized spacial score (nSPS) is 14.0. The lowest BCUT2D eigenvalue weighted by Crippen LogP contribution is -2.46. The van der Waals surface area contributed by atoms with Crippen molar-refractivity contribution in [3.05, 3.63) is 0 Å². The number of phosphoric ester groups is 1. The van der Waals surface area contributed by atoms with Crippen LogP contribution in [0, 0.1) is 0 Å². The van der Waals surface area contributed by atoms with Gasteiger partial charge in [0, 0.05) is 6.42 Å². The molecule has 378 valence electrons. The average Bonchev–Trinajstić information content (AvgIpc) is 3.24. The number of amides is 1. The topological polar surface area (TPSA) is 105 Å². The molecule has 0 aliphatic carbocycles. The largest absolute Gasteiger partial charge is 0.472 e. The second-order valence-corrected chi connectivity index (χ2v) is 22.1. The molecular formula is C54H112N2O6P+. The molecule has 0 fully saturated rings. The van der Waals surface area contributed by atoms with Crippen LogP contribution in [0.1, 0.15) is 290 Å². The maximum Gasteiger partial charge on any atom is 0.472 e. The Labute approximate surface area is 393 Å². The van der Waals surface area contributed by atoms with E-state index < -0.39 is 20.0 Å². The van der Waals surface area contributed by atoms with E-state index in [-0.39, 0.29) is 19.1 Å². The van der Waals surface area contributed by atoms with Crippen molar-refractivity contribution in [3.63, 3.8) is 0 Å². The van der Waals surface area contributed by atoms with E-state index in [2.05, 4.69) is 19.2 Å². The van der Waals surface area contributed by atoms with Gasteiger partial charge in [-0.15, -0.1) is 0 Å². The molecule has 3 atom stereocenters. The van der Waals surface area contributed by atoms with Crippen LogP contribution in [0.4, 0.5) is 0 Å². The molecule has 0 saturated heterocycles. The summed E-state index contributed by atoms with van der Waals surface area (Å²) in [4.78, 5) is 23.0. The maximum atomic E-state index is 12.8. The molecule has 9 heteroatoms. The predicted octanol–water partition coefficient (Wildman–Crippen LogP) is 16.5. The van der Waals surface area contributed by atoms with Gasteiger partial charge in [0.1, 0.15) is 13.2 Å². The van der Waals surface area contributed by atoms with Gasteiger partial charge in [-0.05, 0) is 12.8 Å². The summed E-state index contributed by atoms with van der Waals surface area (Å²) in [7, 11) is 1.62. The van der Waals surface area contributed by atoms with E-state index in [1.165, 1.54) is 218 Å². The number of quaternary nitrogens is 1. The summed E-state index contributed by atoms with van der Waals surface area (Å²) in [6, 6.07) is -0.751. The lowest BCUT2D eigenvalue weighted by atomic mass is 10.0. The number of hydrogen-bond donors (Lipinski definition) is 3. The number of phosphoric acid groups is 1. The number of likely N-dealkylation sites (N-methyl/N-ethyl adjacent to an activating group) is 1. The first kappa shape index (κ1) is 62.5. The lowest BCUT2D eigenvalue weighted by Gasteiger charge is -2.26. The fourth-order valence-electron chi connectivity index (χ4n) is 8.70. The highest BCUT2D eigenvalue weighted by molar-refractivity contribution is 7.47. The van der Waals surface area contributed by atoms with Gasteiger partial charge in [-0.2, -0.15) is 0 Å². The van der Waals surface area contributed by atoms with E-state index in [1.54, 1.807) is 0 Å². The van der Waals surface area contributed by atoms with Gasteiger partial charge < -0.3 is 19.8 Å². The van der Waals surface area contributed by atoms with Crippen LogP contribution in [0.15, 0.2) is 0 Å². The van der Waals surface area contributed by atoms with Crippen LogP contribution in [0.25, 0.3) is 0 Å². The summed E-state index contributed by atoms with van der Waals surface area (Å²) in [5, 5.41) is 13.7. The van der Waals surface area contributed by atoms with E-state index in [0.717, 1.165) is 44.9 Å². The summed E-state index contributed by atoms with van der Waals surface area (Å²) in [5.74, 6) is -0.147. The number of carbonyl (C=O) groups excluding carboxylic acids is 1. The molecule has 0 saturated carbocycles. The molecule has 3 N–H and O–H groups in total. The highest BCUT2D eigenvalue weighted by Crippen LogP contribution is 2.43. The minimum Gasteiger partial charge on any atom is -0.391 e. The Morgan fingerprint density at radius 3 is 1.06 bits per heavy atom. The van der Waals surface area contributed by atoms with Crippen molar-refractivity contribution in [2.24, 2.45) is 0 Å². The first-order valence-corrected chi connectivity index (χ1v) is 29.4. The molecule has 0 radical (unpaired) electrons. The molecule has 63 heavy (non-hydrogen) atoms. The van der Waals surface area contributed by atoms with Gasteiger partial charge in [-0.25, -0.2) is 4.57 Å². The van der Waals surface area contributed by atoms with Gasteiger partial charge >= 0.3 is 7.82 Å². The van der Waals surface area contributed by atoms with Gasteiger partial charge in [0.2, 0.25) is 5.91 Å². The molecule has 0 aromatic carbocycles. The molecule has 0 bridgehead atoms. The summed E-state index contributed by atoms with van der Waals surface area (Å²) in [6.45, 7) is 4.80. The number of aliphatic hydroxyl groups excluding tert-OH is 1. The van der Waals surface area contributed by atoms with Crippen molar-refractivity contribution in [2.45, 2.75) is 302 Å². The molecule has 0 aromatic rings. The first-order chi connectivity index (χ1) is 30.5. The molecular weight excluding hydrogens is 804 g/mol. The zero-order valence-electron chi connectivity index (χ0n) is 43.1. The molecule has 0 rings (SSSR count). The molecule has 3 unspecified atom stereocenters. The van der Waals surface area contributed by atoms with Crippen LogP contribution in [-0.4, -0.2) is 73.4 Å². The van der Waals surface area contributed by atoms with E-state index >= 15 is 0 Å². The highest BCUT2D eigenvalue weighted by Gasteiger charge is 2.28. The molecule has 8 nitrogen and oxygen atoms in total. The summed E-state index contributed by atoms with van der Waals surface area (Å²) >= 11 is 0. The second-order valence-electron chi connectivity index (χ2n) is 20.7. The molecule has 0 aliphatic rings. The highest BCUT2D eigenvalue weighted by atomic mass is 31.2. The average molecular weight is 916 g/mol. The van der Waals surface area contributed by atoms with Gasteiger partial charge in [-0.1, -0.05) is 271 Å². The minimum absolute atomic E-state index is 0.0770. The quantitative estimate of drug-likeness (QED) is 0.0319. The van der Waals surface area contributed by atoms with Crippen LogP contribution in [-0.2, 0) is 18.4 Å². The maximum absolute atomic E-state index is 12.8.